The first kappa shape index (κ1) is 19.1. The molecule has 0 aromatic heterocycles. The van der Waals surface area contributed by atoms with Gasteiger partial charge in [0.2, 0.25) is 0 Å². The third kappa shape index (κ3) is 5.68. The zero-order valence-corrected chi connectivity index (χ0v) is 14.7. The highest BCUT2D eigenvalue weighted by Gasteiger charge is 2.50. The van der Waals surface area contributed by atoms with Gasteiger partial charge in [-0.1, -0.05) is 58.3 Å². The molecule has 2 heterocycles. The topological polar surface area (TPSA) is 68.2 Å². The summed E-state index contributed by atoms with van der Waals surface area (Å²) in [4.78, 5) is 0. The molecule has 6 atom stereocenters. The minimum absolute atomic E-state index is 0.326. The number of unbranched alkanes of at least 4 members (excludes halogenated alkanes) is 8. The van der Waals surface area contributed by atoms with Crippen LogP contribution in [0.1, 0.15) is 78.1 Å². The van der Waals surface area contributed by atoms with E-state index in [1.165, 1.54) is 51.4 Å². The van der Waals surface area contributed by atoms with Crippen molar-refractivity contribution in [2.75, 3.05) is 0 Å². The van der Waals surface area contributed by atoms with Crippen molar-refractivity contribution < 1.29 is 24.4 Å². The minimum atomic E-state index is -1.01. The summed E-state index contributed by atoms with van der Waals surface area (Å²) in [5.41, 5.74) is 0. The van der Waals surface area contributed by atoms with Crippen molar-refractivity contribution in [1.82, 2.24) is 0 Å². The lowest BCUT2D eigenvalue weighted by Crippen LogP contribution is -2.55. The van der Waals surface area contributed by atoms with Crippen LogP contribution in [0.15, 0.2) is 0 Å². The normalized spacial score (nSPS) is 37.0. The van der Waals surface area contributed by atoms with Gasteiger partial charge >= 0.3 is 0 Å². The van der Waals surface area contributed by atoms with Crippen molar-refractivity contribution >= 4 is 0 Å². The lowest BCUT2D eigenvalue weighted by Gasteiger charge is -2.36. The first-order valence-corrected chi connectivity index (χ1v) is 9.46. The van der Waals surface area contributed by atoms with E-state index in [1.807, 2.05) is 0 Å². The molecule has 5 nitrogen and oxygen atoms in total. The van der Waals surface area contributed by atoms with Crippen molar-refractivity contribution in [1.29, 1.82) is 0 Å². The predicted molar refractivity (Wildman–Crippen MR) is 87.9 cm³/mol. The minimum Gasteiger partial charge on any atom is -0.388 e. The van der Waals surface area contributed by atoms with Gasteiger partial charge in [0, 0.05) is 0 Å². The molecule has 2 aliphatic heterocycles. The molecule has 2 aliphatic rings. The van der Waals surface area contributed by atoms with Gasteiger partial charge in [0.1, 0.15) is 18.3 Å². The number of hydrogen-bond donors (Lipinski definition) is 2. The summed E-state index contributed by atoms with van der Waals surface area (Å²) in [7, 11) is 0. The Hall–Kier alpha value is -0.200. The first-order chi connectivity index (χ1) is 11.1. The molecule has 2 fully saturated rings. The van der Waals surface area contributed by atoms with E-state index >= 15 is 0 Å². The van der Waals surface area contributed by atoms with E-state index in [-0.39, 0.29) is 6.29 Å². The van der Waals surface area contributed by atoms with Gasteiger partial charge < -0.3 is 24.4 Å². The lowest BCUT2D eigenvalue weighted by atomic mass is 10.0. The molecule has 0 saturated carbocycles. The molecule has 0 aromatic rings. The van der Waals surface area contributed by atoms with E-state index in [9.17, 15) is 10.2 Å². The van der Waals surface area contributed by atoms with Gasteiger partial charge in [-0.25, -0.2) is 0 Å². The number of ether oxygens (including phenoxy) is 3. The van der Waals surface area contributed by atoms with Crippen LogP contribution >= 0.6 is 0 Å². The fourth-order valence-electron chi connectivity index (χ4n) is 3.44. The summed E-state index contributed by atoms with van der Waals surface area (Å²) in [6.07, 6.45) is 8.82. The average molecular weight is 330 g/mol. The lowest BCUT2D eigenvalue weighted by molar-refractivity contribution is -0.251. The highest BCUT2D eigenvalue weighted by molar-refractivity contribution is 4.92. The molecule has 0 bridgehead atoms. The molecule has 2 rings (SSSR count). The quantitative estimate of drug-likeness (QED) is 0.602. The van der Waals surface area contributed by atoms with Crippen LogP contribution in [0.4, 0.5) is 0 Å². The molecular weight excluding hydrogens is 296 g/mol. The van der Waals surface area contributed by atoms with Crippen molar-refractivity contribution in [2.45, 2.75) is 115 Å². The van der Waals surface area contributed by atoms with Crippen LogP contribution in [-0.4, -0.2) is 47.2 Å². The number of hydrogen-bond acceptors (Lipinski definition) is 5. The fraction of sp³-hybridized carbons (Fsp3) is 1.00. The first-order valence-electron chi connectivity index (χ1n) is 9.46. The van der Waals surface area contributed by atoms with Gasteiger partial charge in [0.05, 0.1) is 6.10 Å². The van der Waals surface area contributed by atoms with E-state index in [0.717, 1.165) is 12.8 Å². The Labute approximate surface area is 140 Å². The third-order valence-corrected chi connectivity index (χ3v) is 4.94. The Morgan fingerprint density at radius 1 is 0.739 bits per heavy atom. The molecule has 1 unspecified atom stereocenters. The van der Waals surface area contributed by atoms with Gasteiger partial charge in [0.15, 0.2) is 12.6 Å². The zero-order chi connectivity index (χ0) is 16.7. The molecule has 136 valence electrons. The van der Waals surface area contributed by atoms with Crippen LogP contribution in [0.2, 0.25) is 0 Å². The number of aliphatic hydroxyl groups is 2. The van der Waals surface area contributed by atoms with Gasteiger partial charge in [-0.2, -0.15) is 0 Å². The van der Waals surface area contributed by atoms with Crippen LogP contribution in [0.5, 0.6) is 0 Å². The van der Waals surface area contributed by atoms with Crippen LogP contribution in [-0.2, 0) is 14.2 Å². The standard InChI is InChI=1S/C18H34O5/c1-3-4-5-6-7-8-9-10-11-12-14-22-16-15(19)13(2)21-18(20)17(16)23-14/h13-20H,3-12H2,1-2H3/t13-,14?,15-,16+,17+,18+/m0/s1. The van der Waals surface area contributed by atoms with E-state index in [0.29, 0.717) is 0 Å². The van der Waals surface area contributed by atoms with Crippen molar-refractivity contribution in [3.63, 3.8) is 0 Å². The predicted octanol–water partition coefficient (Wildman–Crippen LogP) is 3.12. The maximum Gasteiger partial charge on any atom is 0.184 e. The number of rotatable bonds is 10. The second-order valence-corrected chi connectivity index (χ2v) is 6.97. The average Bonchev–Trinajstić information content (AvgIpc) is 2.96. The smallest absolute Gasteiger partial charge is 0.184 e. The highest BCUT2D eigenvalue weighted by atomic mass is 16.8. The van der Waals surface area contributed by atoms with Gasteiger partial charge in [0.25, 0.3) is 0 Å². The summed E-state index contributed by atoms with van der Waals surface area (Å²) >= 11 is 0. The third-order valence-electron chi connectivity index (χ3n) is 4.94. The summed E-state index contributed by atoms with van der Waals surface area (Å²) < 4.78 is 16.7. The molecule has 0 amide bonds. The number of fused-ring (bicyclic) bond motifs is 1. The molecule has 0 spiro atoms. The monoisotopic (exact) mass is 330 g/mol. The van der Waals surface area contributed by atoms with Gasteiger partial charge in [-0.3, -0.25) is 0 Å². The van der Waals surface area contributed by atoms with Crippen molar-refractivity contribution in [2.24, 2.45) is 0 Å². The Morgan fingerprint density at radius 2 is 1.30 bits per heavy atom. The van der Waals surface area contributed by atoms with Crippen LogP contribution in [0, 0.1) is 0 Å². The molecule has 0 radical (unpaired) electrons. The molecule has 0 aliphatic carbocycles. The Morgan fingerprint density at radius 3 is 1.96 bits per heavy atom. The Balaban J connectivity index is 1.54. The maximum absolute atomic E-state index is 10.1. The summed E-state index contributed by atoms with van der Waals surface area (Å²) in [5, 5.41) is 19.9. The zero-order valence-electron chi connectivity index (χ0n) is 14.7. The molecule has 5 heteroatoms. The summed E-state index contributed by atoms with van der Waals surface area (Å²) in [6, 6.07) is 0. The molecule has 2 saturated heterocycles. The second-order valence-electron chi connectivity index (χ2n) is 6.97. The molecular formula is C18H34O5. The van der Waals surface area contributed by atoms with Crippen molar-refractivity contribution in [3.8, 4) is 0 Å². The van der Waals surface area contributed by atoms with E-state index in [4.69, 9.17) is 14.2 Å². The van der Waals surface area contributed by atoms with Crippen LogP contribution < -0.4 is 0 Å². The van der Waals surface area contributed by atoms with Crippen LogP contribution in [0.3, 0.4) is 0 Å². The van der Waals surface area contributed by atoms with E-state index < -0.39 is 30.7 Å². The Bertz CT molecular complexity index is 325. The number of aliphatic hydroxyl groups excluding tert-OH is 2. The van der Waals surface area contributed by atoms with Crippen LogP contribution in [0.25, 0.3) is 0 Å². The summed E-state index contributed by atoms with van der Waals surface area (Å²) in [6.45, 7) is 3.98. The van der Waals surface area contributed by atoms with Gasteiger partial charge in [-0.05, 0) is 19.8 Å². The SMILES string of the molecule is CCCCCCCCCCCC1O[C@@H]2[C@@H](O)[C@H](C)O[C@@H](O)[C@@H]2O1. The maximum atomic E-state index is 10.1. The van der Waals surface area contributed by atoms with E-state index in [2.05, 4.69) is 6.92 Å². The fourth-order valence-corrected chi connectivity index (χ4v) is 3.44. The molecule has 0 aromatic carbocycles. The summed E-state index contributed by atoms with van der Waals surface area (Å²) in [5.74, 6) is 0. The Kier molecular flexibility index (Phi) is 8.27. The molecule has 23 heavy (non-hydrogen) atoms. The van der Waals surface area contributed by atoms with Crippen molar-refractivity contribution in [3.05, 3.63) is 0 Å². The largest absolute Gasteiger partial charge is 0.388 e. The highest BCUT2D eigenvalue weighted by Crippen LogP contribution is 2.33. The second kappa shape index (κ2) is 9.94. The van der Waals surface area contributed by atoms with E-state index in [1.54, 1.807) is 6.92 Å². The van der Waals surface area contributed by atoms with Gasteiger partial charge in [-0.15, -0.1) is 0 Å². The molecule has 2 N–H and O–H groups in total.